The van der Waals surface area contributed by atoms with E-state index >= 15 is 0 Å². The van der Waals surface area contributed by atoms with Crippen LogP contribution in [0.1, 0.15) is 39.0 Å². The summed E-state index contributed by atoms with van der Waals surface area (Å²) in [6, 6.07) is -0.429. The Labute approximate surface area is 96.1 Å². The number of nitrogens with zero attached hydrogens (tertiary/aromatic N) is 1. The van der Waals surface area contributed by atoms with Crippen molar-refractivity contribution in [3.05, 3.63) is 0 Å². The molecule has 1 saturated carbocycles. The monoisotopic (exact) mass is 225 g/mol. The van der Waals surface area contributed by atoms with Crippen molar-refractivity contribution in [3.8, 4) is 0 Å². The molecule has 0 heterocycles. The summed E-state index contributed by atoms with van der Waals surface area (Å²) in [5.41, 5.74) is 0. The molecule has 1 rings (SSSR count). The third-order valence-electron chi connectivity index (χ3n) is 3.02. The number of carbonyl (C=O) groups is 2. The number of methoxy groups -OCH3 is 1. The van der Waals surface area contributed by atoms with Crippen LogP contribution in [0.15, 0.2) is 4.99 Å². The maximum Gasteiger partial charge on any atom is 0.348 e. The van der Waals surface area contributed by atoms with Gasteiger partial charge in [0.2, 0.25) is 0 Å². The van der Waals surface area contributed by atoms with E-state index in [0.29, 0.717) is 0 Å². The highest BCUT2D eigenvalue weighted by molar-refractivity contribution is 6.23. The maximum absolute atomic E-state index is 11.9. The molecule has 0 N–H and O–H groups in total. The zero-order chi connectivity index (χ0) is 12.0. The van der Waals surface area contributed by atoms with Crippen LogP contribution in [-0.4, -0.2) is 31.1 Å². The van der Waals surface area contributed by atoms with Gasteiger partial charge < -0.3 is 4.74 Å². The predicted molar refractivity (Wildman–Crippen MR) is 61.6 cm³/mol. The molecule has 0 radical (unpaired) electrons. The number of esters is 1. The lowest BCUT2D eigenvalue weighted by atomic mass is 9.84. The molecule has 0 aromatic carbocycles. The van der Waals surface area contributed by atoms with Gasteiger partial charge in [0.15, 0.2) is 5.78 Å². The van der Waals surface area contributed by atoms with Gasteiger partial charge in [-0.05, 0) is 19.8 Å². The van der Waals surface area contributed by atoms with E-state index in [1.807, 2.05) is 0 Å². The second kappa shape index (κ2) is 6.40. The Bertz CT molecular complexity index is 280. The van der Waals surface area contributed by atoms with Crippen molar-refractivity contribution < 1.29 is 14.3 Å². The molecule has 4 heteroatoms. The van der Waals surface area contributed by atoms with Gasteiger partial charge in [-0.2, -0.15) is 0 Å². The Morgan fingerprint density at radius 1 is 1.31 bits per heavy atom. The number of hydrogen-bond donors (Lipinski definition) is 0. The summed E-state index contributed by atoms with van der Waals surface area (Å²) < 4.78 is 4.43. The topological polar surface area (TPSA) is 55.7 Å². The Hall–Kier alpha value is -1.19. The quantitative estimate of drug-likeness (QED) is 0.541. The minimum absolute atomic E-state index is 0.138. The first-order chi connectivity index (χ1) is 7.65. The van der Waals surface area contributed by atoms with Crippen LogP contribution in [0.25, 0.3) is 0 Å². The van der Waals surface area contributed by atoms with Crippen LogP contribution < -0.4 is 0 Å². The highest BCUT2D eigenvalue weighted by Crippen LogP contribution is 2.25. The standard InChI is InChI=1S/C12H19NO3/c1-9(13-8-11(14)16-2)12(15)10-6-4-3-5-7-10/h8-10H,3-7H2,1-2H3/t9-/m0/s1. The fourth-order valence-corrected chi connectivity index (χ4v) is 2.03. The van der Waals surface area contributed by atoms with Crippen molar-refractivity contribution >= 4 is 18.0 Å². The highest BCUT2D eigenvalue weighted by atomic mass is 16.5. The van der Waals surface area contributed by atoms with Crippen molar-refractivity contribution in [1.29, 1.82) is 0 Å². The van der Waals surface area contributed by atoms with Crippen molar-refractivity contribution in [3.63, 3.8) is 0 Å². The number of Topliss-reactive ketones (excluding diaryl/α,β-unsaturated/α-hetero) is 1. The summed E-state index contributed by atoms with van der Waals surface area (Å²) in [7, 11) is 1.29. The minimum atomic E-state index is -0.511. The molecular weight excluding hydrogens is 206 g/mol. The van der Waals surface area contributed by atoms with E-state index < -0.39 is 12.0 Å². The van der Waals surface area contributed by atoms with E-state index in [1.54, 1.807) is 6.92 Å². The summed E-state index contributed by atoms with van der Waals surface area (Å²) >= 11 is 0. The molecule has 0 spiro atoms. The molecule has 0 saturated heterocycles. The number of rotatable bonds is 4. The molecule has 0 aliphatic heterocycles. The van der Waals surface area contributed by atoms with E-state index in [2.05, 4.69) is 9.73 Å². The van der Waals surface area contributed by atoms with Crippen molar-refractivity contribution in [1.82, 2.24) is 0 Å². The van der Waals surface area contributed by atoms with E-state index in [9.17, 15) is 9.59 Å². The normalized spacial score (nSPS) is 19.6. The molecule has 4 nitrogen and oxygen atoms in total. The lowest BCUT2D eigenvalue weighted by Gasteiger charge is -2.21. The van der Waals surface area contributed by atoms with Gasteiger partial charge in [-0.1, -0.05) is 19.3 Å². The smallest absolute Gasteiger partial charge is 0.348 e. The van der Waals surface area contributed by atoms with Crippen molar-refractivity contribution in [2.24, 2.45) is 10.9 Å². The summed E-state index contributed by atoms with van der Waals surface area (Å²) in [6.07, 6.45) is 6.51. The van der Waals surface area contributed by atoms with E-state index in [4.69, 9.17) is 0 Å². The molecule has 0 aromatic heterocycles. The Balaban J connectivity index is 2.46. The van der Waals surface area contributed by atoms with Crippen LogP contribution in [0.5, 0.6) is 0 Å². The van der Waals surface area contributed by atoms with Gasteiger partial charge >= 0.3 is 5.97 Å². The summed E-state index contributed by atoms with van der Waals surface area (Å²) in [5, 5.41) is 0. The van der Waals surface area contributed by atoms with Crippen LogP contribution in [0, 0.1) is 5.92 Å². The molecule has 1 fully saturated rings. The van der Waals surface area contributed by atoms with Crippen LogP contribution in [-0.2, 0) is 14.3 Å². The zero-order valence-corrected chi connectivity index (χ0v) is 9.94. The second-order valence-electron chi connectivity index (χ2n) is 4.21. The fraction of sp³-hybridized carbons (Fsp3) is 0.750. The number of ether oxygens (including phenoxy) is 1. The summed E-state index contributed by atoms with van der Waals surface area (Å²) in [4.78, 5) is 26.7. The minimum Gasteiger partial charge on any atom is -0.465 e. The lowest BCUT2D eigenvalue weighted by Crippen LogP contribution is -2.26. The maximum atomic E-state index is 11.9. The van der Waals surface area contributed by atoms with Crippen molar-refractivity contribution in [2.45, 2.75) is 45.1 Å². The van der Waals surface area contributed by atoms with Crippen LogP contribution in [0.4, 0.5) is 0 Å². The third kappa shape index (κ3) is 3.76. The molecule has 0 unspecified atom stereocenters. The number of hydrogen-bond acceptors (Lipinski definition) is 4. The first-order valence-corrected chi connectivity index (χ1v) is 5.80. The molecule has 0 aromatic rings. The Morgan fingerprint density at radius 2 is 1.94 bits per heavy atom. The lowest BCUT2D eigenvalue weighted by molar-refractivity contribution is -0.132. The number of aliphatic imine (C=N–C) groups is 1. The average Bonchev–Trinajstić information content (AvgIpc) is 2.35. The van der Waals surface area contributed by atoms with Crippen molar-refractivity contribution in [2.75, 3.05) is 7.11 Å². The molecule has 0 bridgehead atoms. The van der Waals surface area contributed by atoms with Gasteiger partial charge in [-0.3, -0.25) is 9.79 Å². The van der Waals surface area contributed by atoms with E-state index in [-0.39, 0.29) is 11.7 Å². The summed E-state index contributed by atoms with van der Waals surface area (Å²) in [5.74, 6) is -0.221. The molecule has 16 heavy (non-hydrogen) atoms. The fourth-order valence-electron chi connectivity index (χ4n) is 2.03. The van der Waals surface area contributed by atoms with Crippen LogP contribution in [0.3, 0.4) is 0 Å². The van der Waals surface area contributed by atoms with Crippen LogP contribution in [0.2, 0.25) is 0 Å². The van der Waals surface area contributed by atoms with Gasteiger partial charge in [-0.15, -0.1) is 0 Å². The number of carbonyl (C=O) groups excluding carboxylic acids is 2. The largest absolute Gasteiger partial charge is 0.465 e. The Kier molecular flexibility index (Phi) is 5.15. The first kappa shape index (κ1) is 12.9. The molecule has 1 aliphatic rings. The molecule has 1 aliphatic carbocycles. The SMILES string of the molecule is COC(=O)C=N[C@@H](C)C(=O)C1CCCCC1. The molecule has 90 valence electrons. The second-order valence-corrected chi connectivity index (χ2v) is 4.21. The highest BCUT2D eigenvalue weighted by Gasteiger charge is 2.24. The van der Waals surface area contributed by atoms with Gasteiger partial charge in [0.25, 0.3) is 0 Å². The first-order valence-electron chi connectivity index (χ1n) is 5.80. The number of ketones is 1. The predicted octanol–water partition coefficient (Wildman–Crippen LogP) is 1.77. The van der Waals surface area contributed by atoms with Gasteiger partial charge in [-0.25, -0.2) is 4.79 Å². The van der Waals surface area contributed by atoms with E-state index in [0.717, 1.165) is 31.9 Å². The van der Waals surface area contributed by atoms with Crippen LogP contribution >= 0.6 is 0 Å². The summed E-state index contributed by atoms with van der Waals surface area (Å²) in [6.45, 7) is 1.73. The van der Waals surface area contributed by atoms with Gasteiger partial charge in [0.05, 0.1) is 7.11 Å². The van der Waals surface area contributed by atoms with Gasteiger partial charge in [0.1, 0.15) is 12.3 Å². The van der Waals surface area contributed by atoms with E-state index in [1.165, 1.54) is 13.5 Å². The average molecular weight is 225 g/mol. The molecular formula is C12H19NO3. The Morgan fingerprint density at radius 3 is 2.50 bits per heavy atom. The molecule has 1 atom stereocenters. The molecule has 0 amide bonds. The zero-order valence-electron chi connectivity index (χ0n) is 9.94. The van der Waals surface area contributed by atoms with Gasteiger partial charge in [0, 0.05) is 5.92 Å². The third-order valence-corrected chi connectivity index (χ3v) is 3.02.